The van der Waals surface area contributed by atoms with E-state index >= 15 is 0 Å². The van der Waals surface area contributed by atoms with Crippen LogP contribution >= 0.6 is 0 Å². The summed E-state index contributed by atoms with van der Waals surface area (Å²) in [6.07, 6.45) is 51.3. The molecular formula is C79H139NO18. The molecule has 568 valence electrons. The van der Waals surface area contributed by atoms with Gasteiger partial charge in [0.05, 0.1) is 38.6 Å². The molecule has 3 saturated heterocycles. The number of ether oxygens (including phenoxy) is 6. The molecule has 0 bridgehead atoms. The Balaban J connectivity index is 1.41. The Morgan fingerprint density at radius 1 is 0.378 bits per heavy atom. The quantitative estimate of drug-likeness (QED) is 0.0199. The Morgan fingerprint density at radius 2 is 0.714 bits per heavy atom. The number of aliphatic hydroxyl groups excluding tert-OH is 11. The van der Waals surface area contributed by atoms with E-state index in [0.717, 1.165) is 83.5 Å². The van der Waals surface area contributed by atoms with Gasteiger partial charge in [-0.2, -0.15) is 0 Å². The average Bonchev–Trinajstić information content (AvgIpc) is 0.785. The van der Waals surface area contributed by atoms with Crippen LogP contribution in [0.2, 0.25) is 0 Å². The van der Waals surface area contributed by atoms with E-state index in [0.29, 0.717) is 12.8 Å². The average molecular weight is 1390 g/mol. The van der Waals surface area contributed by atoms with E-state index in [-0.39, 0.29) is 18.9 Å². The largest absolute Gasteiger partial charge is 0.394 e. The minimum absolute atomic E-state index is 0.227. The van der Waals surface area contributed by atoms with E-state index < -0.39 is 124 Å². The molecule has 3 rings (SSSR count). The van der Waals surface area contributed by atoms with Crippen molar-refractivity contribution in [3.63, 3.8) is 0 Å². The smallest absolute Gasteiger partial charge is 0.220 e. The van der Waals surface area contributed by atoms with Gasteiger partial charge in [-0.1, -0.05) is 279 Å². The molecule has 1 amide bonds. The van der Waals surface area contributed by atoms with Gasteiger partial charge in [0.15, 0.2) is 18.9 Å². The maximum atomic E-state index is 13.5. The van der Waals surface area contributed by atoms with Crippen molar-refractivity contribution in [1.82, 2.24) is 5.32 Å². The van der Waals surface area contributed by atoms with Crippen LogP contribution in [0.4, 0.5) is 0 Å². The van der Waals surface area contributed by atoms with E-state index in [1.54, 1.807) is 6.08 Å². The summed E-state index contributed by atoms with van der Waals surface area (Å²) in [6, 6.07) is -0.998. The number of hydrogen-bond donors (Lipinski definition) is 12. The first kappa shape index (κ1) is 89.2. The van der Waals surface area contributed by atoms with Crippen molar-refractivity contribution in [3.05, 3.63) is 85.1 Å². The molecule has 17 unspecified atom stereocenters. The summed E-state index contributed by atoms with van der Waals surface area (Å²) in [5.74, 6) is -0.289. The molecule has 0 radical (unpaired) electrons. The molecule has 0 aromatic carbocycles. The Bertz CT molecular complexity index is 2100. The van der Waals surface area contributed by atoms with Crippen molar-refractivity contribution in [1.29, 1.82) is 0 Å². The molecule has 3 aliphatic heterocycles. The van der Waals surface area contributed by atoms with Crippen LogP contribution in [0.5, 0.6) is 0 Å². The number of nitrogens with one attached hydrogen (secondary N) is 1. The topological polar surface area (TPSA) is 307 Å². The van der Waals surface area contributed by atoms with Crippen molar-refractivity contribution in [2.75, 3.05) is 26.4 Å². The maximum Gasteiger partial charge on any atom is 0.220 e. The van der Waals surface area contributed by atoms with Crippen molar-refractivity contribution in [2.24, 2.45) is 0 Å². The highest BCUT2D eigenvalue weighted by atomic mass is 16.8. The van der Waals surface area contributed by atoms with Crippen molar-refractivity contribution < 1.29 is 89.4 Å². The molecule has 0 spiro atoms. The first-order chi connectivity index (χ1) is 47.8. The van der Waals surface area contributed by atoms with E-state index in [1.807, 2.05) is 6.08 Å². The molecule has 19 heteroatoms. The molecule has 0 saturated carbocycles. The molecule has 0 aromatic heterocycles. The first-order valence-electron chi connectivity index (χ1n) is 38.8. The van der Waals surface area contributed by atoms with E-state index in [9.17, 15) is 61.0 Å². The predicted octanol–water partition coefficient (Wildman–Crippen LogP) is 12.2. The number of carbonyl (C=O) groups is 1. The Hall–Kier alpha value is -3.03. The second-order valence-corrected chi connectivity index (χ2v) is 27.4. The maximum absolute atomic E-state index is 13.5. The Morgan fingerprint density at radius 3 is 1.14 bits per heavy atom. The fraction of sp³-hybridized carbons (Fsp3) is 0.810. The number of allylic oxidation sites excluding steroid dienone is 13. The Kier molecular flexibility index (Phi) is 54.0. The highest BCUT2D eigenvalue weighted by molar-refractivity contribution is 5.76. The SMILES string of the molecule is CC/C=C\C/C=C\C/C=C\C/C=C\C/C=C\CCCCCCCCCCCCCC(=O)NC(COC1OC(CO)C(OC2OC(CO)C(OC3OC(CO)C(O)C(O)C3O)C(O)C2O)C(O)C1O)C(O)/C=C/CC/C=C/CCCCCCCCCCCCCCCCCCCCCC. The van der Waals surface area contributed by atoms with Crippen LogP contribution in [0.25, 0.3) is 0 Å². The van der Waals surface area contributed by atoms with Gasteiger partial charge in [0.1, 0.15) is 73.2 Å². The normalized spacial score (nSPS) is 27.2. The van der Waals surface area contributed by atoms with Gasteiger partial charge in [-0.15, -0.1) is 0 Å². The van der Waals surface area contributed by atoms with Gasteiger partial charge in [0.25, 0.3) is 0 Å². The highest BCUT2D eigenvalue weighted by Crippen LogP contribution is 2.33. The van der Waals surface area contributed by atoms with Gasteiger partial charge >= 0.3 is 0 Å². The van der Waals surface area contributed by atoms with Crippen LogP contribution in [0.3, 0.4) is 0 Å². The molecule has 3 aliphatic rings. The van der Waals surface area contributed by atoms with Gasteiger partial charge in [-0.3, -0.25) is 4.79 Å². The van der Waals surface area contributed by atoms with Gasteiger partial charge in [-0.05, 0) is 77.0 Å². The predicted molar refractivity (Wildman–Crippen MR) is 388 cm³/mol. The van der Waals surface area contributed by atoms with Gasteiger partial charge in [0.2, 0.25) is 5.91 Å². The fourth-order valence-corrected chi connectivity index (χ4v) is 12.7. The third-order valence-electron chi connectivity index (χ3n) is 18.9. The number of amides is 1. The van der Waals surface area contributed by atoms with Crippen LogP contribution < -0.4 is 5.32 Å². The van der Waals surface area contributed by atoms with Crippen molar-refractivity contribution >= 4 is 5.91 Å². The van der Waals surface area contributed by atoms with Crippen molar-refractivity contribution in [3.8, 4) is 0 Å². The summed E-state index contributed by atoms with van der Waals surface area (Å²) in [4.78, 5) is 13.5. The second kappa shape index (κ2) is 59.4. The number of aliphatic hydroxyl groups is 11. The monoisotopic (exact) mass is 1390 g/mol. The second-order valence-electron chi connectivity index (χ2n) is 27.4. The molecule has 98 heavy (non-hydrogen) atoms. The van der Waals surface area contributed by atoms with Crippen LogP contribution in [0, 0.1) is 0 Å². The van der Waals surface area contributed by atoms with E-state index in [2.05, 4.69) is 92.1 Å². The molecule has 19 nitrogen and oxygen atoms in total. The molecule has 3 heterocycles. The standard InChI is InChI=1S/C79H139NO18/c1-3-5-7-9-11-13-15-17-19-21-23-25-27-29-31-33-35-37-39-41-43-45-47-49-51-53-55-57-67(85)80-62(63(84)56-54-52-50-48-46-44-42-40-38-36-34-32-30-28-26-24-22-20-18-16-14-12-10-8-6-4-2)61-93-77-73(91)70(88)75(65(59-82)95-77)98-79-74(92)71(89)76(66(60-83)96-79)97-78-72(90)69(87)68(86)64(58-81)94-78/h5,7,11,13,17,19,23,25,29,31,46,48,54,56,62-66,68-79,81-84,86-92H,3-4,6,8-10,12,14-16,18,20-22,24,26-28,30,32-45,47,49-53,55,57-61H2,1-2H3,(H,80,85)/b7-5-,13-11-,19-17-,25-23-,31-29-,48-46+,56-54+. The summed E-state index contributed by atoms with van der Waals surface area (Å²) < 4.78 is 34.4. The summed E-state index contributed by atoms with van der Waals surface area (Å²) in [7, 11) is 0. The number of hydrogen-bond acceptors (Lipinski definition) is 18. The van der Waals surface area contributed by atoms with Crippen molar-refractivity contribution in [2.45, 2.75) is 381 Å². The molecule has 3 fully saturated rings. The van der Waals surface area contributed by atoms with E-state index in [4.69, 9.17) is 28.4 Å². The lowest BCUT2D eigenvalue weighted by atomic mass is 9.96. The Labute approximate surface area is 590 Å². The van der Waals surface area contributed by atoms with E-state index in [1.165, 1.54) is 161 Å². The molecule has 12 N–H and O–H groups in total. The molecule has 0 aromatic rings. The third-order valence-corrected chi connectivity index (χ3v) is 18.9. The van der Waals surface area contributed by atoms with Crippen LogP contribution in [-0.4, -0.2) is 193 Å². The van der Waals surface area contributed by atoms with Gasteiger partial charge in [0, 0.05) is 6.42 Å². The van der Waals surface area contributed by atoms with Crippen LogP contribution in [0.15, 0.2) is 85.1 Å². The molecule has 0 aliphatic carbocycles. The highest BCUT2D eigenvalue weighted by Gasteiger charge is 2.53. The summed E-state index contributed by atoms with van der Waals surface area (Å²) in [5.41, 5.74) is 0. The summed E-state index contributed by atoms with van der Waals surface area (Å²) in [5, 5.41) is 121. The minimum atomic E-state index is -1.99. The lowest BCUT2D eigenvalue weighted by molar-refractivity contribution is -0.379. The first-order valence-corrected chi connectivity index (χ1v) is 38.8. The van der Waals surface area contributed by atoms with Crippen LogP contribution in [-0.2, 0) is 33.2 Å². The number of rotatable bonds is 60. The number of unbranched alkanes of at least 4 members (excludes halogenated alkanes) is 32. The minimum Gasteiger partial charge on any atom is -0.394 e. The molecule has 17 atom stereocenters. The zero-order valence-electron chi connectivity index (χ0n) is 60.5. The summed E-state index contributed by atoms with van der Waals surface area (Å²) in [6.45, 7) is 1.62. The third kappa shape index (κ3) is 39.6. The lowest BCUT2D eigenvalue weighted by Gasteiger charge is -2.48. The van der Waals surface area contributed by atoms with Gasteiger partial charge < -0.3 is 89.9 Å². The zero-order valence-corrected chi connectivity index (χ0v) is 60.5. The number of carbonyl (C=O) groups excluding carboxylic acids is 1. The zero-order chi connectivity index (χ0) is 71.1. The lowest BCUT2D eigenvalue weighted by Crippen LogP contribution is -2.66. The fourth-order valence-electron chi connectivity index (χ4n) is 12.7. The van der Waals surface area contributed by atoms with Gasteiger partial charge in [-0.25, -0.2) is 0 Å². The summed E-state index contributed by atoms with van der Waals surface area (Å²) >= 11 is 0. The van der Waals surface area contributed by atoms with Crippen LogP contribution in [0.1, 0.15) is 277 Å². The molecular weight excluding hydrogens is 1250 g/mol.